The zero-order valence-corrected chi connectivity index (χ0v) is 26.9. The van der Waals surface area contributed by atoms with E-state index in [0.717, 1.165) is 45.6 Å². The second kappa shape index (κ2) is 17.2. The average Bonchev–Trinajstić information content (AvgIpc) is 3.20. The lowest BCUT2D eigenvalue weighted by molar-refractivity contribution is -0.299. The lowest BCUT2D eigenvalue weighted by Gasteiger charge is -2.38. The SMILES string of the molecule is CCCCCCCCCCCCOC[C@@]12O[C@@H](CN3CCCCCC3)[C@@H](ON3CCOCC3CC)[C@@H]1OC(C)(C)O2. The standard InChI is InChI=1S/C33H62N2O6/c1-5-7-8-9-10-11-12-13-16-19-23-37-27-33-31(39-32(3,4)41-33)30(40-35-22-24-36-26-28(35)6-2)29(38-33)25-34-20-17-14-15-18-21-34/h28-31H,5-27H2,1-4H3/t28?,29-,30+,31-,33-/m0/s1. The minimum absolute atomic E-state index is 0.143. The van der Waals surface area contributed by atoms with Crippen LogP contribution in [0, 0.1) is 0 Å². The average molecular weight is 583 g/mol. The van der Waals surface area contributed by atoms with Crippen LogP contribution >= 0.6 is 0 Å². The van der Waals surface area contributed by atoms with Crippen molar-refractivity contribution in [1.82, 2.24) is 9.96 Å². The van der Waals surface area contributed by atoms with Crippen molar-refractivity contribution in [3.05, 3.63) is 0 Å². The maximum atomic E-state index is 6.88. The predicted octanol–water partition coefficient (Wildman–Crippen LogP) is 6.46. The van der Waals surface area contributed by atoms with Crippen LogP contribution in [0.2, 0.25) is 0 Å². The minimum atomic E-state index is -0.947. The molecule has 8 heteroatoms. The van der Waals surface area contributed by atoms with Crippen molar-refractivity contribution in [2.75, 3.05) is 52.6 Å². The Morgan fingerprint density at radius 3 is 2.17 bits per heavy atom. The van der Waals surface area contributed by atoms with E-state index >= 15 is 0 Å². The molecule has 4 heterocycles. The Morgan fingerprint density at radius 1 is 0.805 bits per heavy atom. The van der Waals surface area contributed by atoms with E-state index in [9.17, 15) is 0 Å². The van der Waals surface area contributed by atoms with Gasteiger partial charge in [-0.15, -0.1) is 0 Å². The zero-order valence-electron chi connectivity index (χ0n) is 26.9. The van der Waals surface area contributed by atoms with Gasteiger partial charge >= 0.3 is 0 Å². The first-order chi connectivity index (χ1) is 20.0. The van der Waals surface area contributed by atoms with E-state index in [-0.39, 0.29) is 24.4 Å². The van der Waals surface area contributed by atoms with Gasteiger partial charge < -0.3 is 28.6 Å². The Hall–Kier alpha value is -0.320. The van der Waals surface area contributed by atoms with Crippen molar-refractivity contribution in [3.63, 3.8) is 0 Å². The second-order valence-electron chi connectivity index (χ2n) is 13.3. The third kappa shape index (κ3) is 10.1. The topological polar surface area (TPSA) is 61.9 Å². The Kier molecular flexibility index (Phi) is 14.1. The Labute approximate surface area is 251 Å². The van der Waals surface area contributed by atoms with Crippen molar-refractivity contribution < 1.29 is 28.5 Å². The fraction of sp³-hybridized carbons (Fsp3) is 1.00. The summed E-state index contributed by atoms with van der Waals surface area (Å²) in [5.74, 6) is -1.70. The number of fused-ring (bicyclic) bond motifs is 1. The summed E-state index contributed by atoms with van der Waals surface area (Å²) in [7, 11) is 0. The van der Waals surface area contributed by atoms with Gasteiger partial charge in [-0.05, 0) is 52.6 Å². The Morgan fingerprint density at radius 2 is 1.49 bits per heavy atom. The van der Waals surface area contributed by atoms with Gasteiger partial charge in [0.05, 0.1) is 19.3 Å². The molecule has 0 aromatic rings. The summed E-state index contributed by atoms with van der Waals surface area (Å²) in [5, 5.41) is 2.13. The number of ether oxygens (including phenoxy) is 5. The van der Waals surface area contributed by atoms with E-state index in [2.05, 4.69) is 23.8 Å². The van der Waals surface area contributed by atoms with Gasteiger partial charge in [0.2, 0.25) is 5.79 Å². The predicted molar refractivity (Wildman–Crippen MR) is 162 cm³/mol. The first kappa shape index (κ1) is 33.6. The fourth-order valence-corrected chi connectivity index (χ4v) is 6.97. The maximum absolute atomic E-state index is 6.88. The maximum Gasteiger partial charge on any atom is 0.224 e. The molecule has 4 rings (SSSR count). The van der Waals surface area contributed by atoms with Crippen LogP contribution in [0.5, 0.6) is 0 Å². The van der Waals surface area contributed by atoms with Crippen molar-refractivity contribution in [1.29, 1.82) is 0 Å². The van der Waals surface area contributed by atoms with Gasteiger partial charge in [0, 0.05) is 19.7 Å². The van der Waals surface area contributed by atoms with Crippen molar-refractivity contribution in [2.24, 2.45) is 0 Å². The molecule has 5 atom stereocenters. The molecule has 0 spiro atoms. The third-order valence-corrected chi connectivity index (χ3v) is 9.26. The van der Waals surface area contributed by atoms with E-state index < -0.39 is 11.6 Å². The highest BCUT2D eigenvalue weighted by atomic mass is 16.9. The molecule has 41 heavy (non-hydrogen) atoms. The molecule has 0 radical (unpaired) electrons. The smallest absolute Gasteiger partial charge is 0.224 e. The number of unbranched alkanes of at least 4 members (excludes halogenated alkanes) is 9. The lowest BCUT2D eigenvalue weighted by Crippen LogP contribution is -2.52. The summed E-state index contributed by atoms with van der Waals surface area (Å²) in [5.41, 5.74) is 0. The highest BCUT2D eigenvalue weighted by molar-refractivity contribution is 5.04. The van der Waals surface area contributed by atoms with Crippen LogP contribution in [0.4, 0.5) is 0 Å². The van der Waals surface area contributed by atoms with E-state index in [1.54, 1.807) is 0 Å². The third-order valence-electron chi connectivity index (χ3n) is 9.26. The van der Waals surface area contributed by atoms with Gasteiger partial charge in [0.15, 0.2) is 5.79 Å². The van der Waals surface area contributed by atoms with Crippen LogP contribution in [0.15, 0.2) is 0 Å². The van der Waals surface area contributed by atoms with E-state index in [4.69, 9.17) is 28.5 Å². The van der Waals surface area contributed by atoms with Crippen LogP contribution in [0.3, 0.4) is 0 Å². The minimum Gasteiger partial charge on any atom is -0.378 e. The molecule has 0 amide bonds. The van der Waals surface area contributed by atoms with Crippen LogP contribution in [0.25, 0.3) is 0 Å². The first-order valence-corrected chi connectivity index (χ1v) is 17.3. The van der Waals surface area contributed by atoms with E-state index in [0.29, 0.717) is 19.8 Å². The van der Waals surface area contributed by atoms with Gasteiger partial charge in [0.25, 0.3) is 0 Å². The summed E-state index contributed by atoms with van der Waals surface area (Å²) >= 11 is 0. The number of nitrogens with zero attached hydrogens (tertiary/aromatic N) is 2. The number of likely N-dealkylation sites (tertiary alicyclic amines) is 1. The highest BCUT2D eigenvalue weighted by Crippen LogP contribution is 2.47. The summed E-state index contributed by atoms with van der Waals surface area (Å²) in [6, 6.07) is 0.237. The molecule has 0 aromatic heterocycles. The normalized spacial score (nSPS) is 32.8. The van der Waals surface area contributed by atoms with Gasteiger partial charge in [-0.25, -0.2) is 0 Å². The van der Waals surface area contributed by atoms with E-state index in [1.807, 2.05) is 13.8 Å². The molecule has 240 valence electrons. The van der Waals surface area contributed by atoms with Gasteiger partial charge in [-0.2, -0.15) is 5.06 Å². The molecule has 0 aliphatic carbocycles. The fourth-order valence-electron chi connectivity index (χ4n) is 6.97. The summed E-state index contributed by atoms with van der Waals surface area (Å²) in [6.07, 6.45) is 18.5. The number of rotatable bonds is 18. The highest BCUT2D eigenvalue weighted by Gasteiger charge is 2.66. The monoisotopic (exact) mass is 582 g/mol. The molecule has 4 saturated heterocycles. The van der Waals surface area contributed by atoms with Gasteiger partial charge in [-0.1, -0.05) is 84.5 Å². The number of hydroxylamine groups is 2. The Balaban J connectivity index is 1.32. The van der Waals surface area contributed by atoms with E-state index in [1.165, 1.54) is 83.5 Å². The molecular formula is C33H62N2O6. The summed E-state index contributed by atoms with van der Waals surface area (Å²) in [4.78, 5) is 9.38. The zero-order chi connectivity index (χ0) is 29.0. The molecule has 0 N–H and O–H groups in total. The van der Waals surface area contributed by atoms with Crippen LogP contribution < -0.4 is 0 Å². The first-order valence-electron chi connectivity index (χ1n) is 17.3. The van der Waals surface area contributed by atoms with Gasteiger partial charge in [-0.3, -0.25) is 4.84 Å². The quantitative estimate of drug-likeness (QED) is 0.171. The molecule has 1 unspecified atom stereocenters. The van der Waals surface area contributed by atoms with Gasteiger partial charge in [0.1, 0.15) is 24.9 Å². The largest absolute Gasteiger partial charge is 0.378 e. The lowest BCUT2D eigenvalue weighted by atomic mass is 10.0. The molecule has 0 aromatic carbocycles. The summed E-state index contributed by atoms with van der Waals surface area (Å²) < 4.78 is 32.1. The second-order valence-corrected chi connectivity index (χ2v) is 13.3. The van der Waals surface area contributed by atoms with Crippen molar-refractivity contribution >= 4 is 0 Å². The molecule has 4 aliphatic rings. The van der Waals surface area contributed by atoms with Crippen molar-refractivity contribution in [2.45, 2.75) is 160 Å². The van der Waals surface area contributed by atoms with Crippen molar-refractivity contribution in [3.8, 4) is 0 Å². The molecule has 4 aliphatic heterocycles. The van der Waals surface area contributed by atoms with Crippen LogP contribution in [0.1, 0.15) is 124 Å². The molecule has 0 saturated carbocycles. The number of hydrogen-bond donors (Lipinski definition) is 0. The van der Waals surface area contributed by atoms with Crippen LogP contribution in [-0.2, 0) is 28.5 Å². The van der Waals surface area contributed by atoms with Crippen LogP contribution in [-0.4, -0.2) is 98.5 Å². The Bertz CT molecular complexity index is 718. The molecule has 0 bridgehead atoms. The summed E-state index contributed by atoms with van der Waals surface area (Å²) in [6.45, 7) is 14.7. The number of hydrogen-bond acceptors (Lipinski definition) is 8. The molecule has 8 nitrogen and oxygen atoms in total. The number of morpholine rings is 1. The molecule has 4 fully saturated rings. The molecular weight excluding hydrogens is 520 g/mol.